The van der Waals surface area contributed by atoms with Crippen molar-refractivity contribution in [3.05, 3.63) is 69.8 Å². The monoisotopic (exact) mass is 350 g/mol. The molecule has 0 amide bonds. The minimum atomic E-state index is -0.673. The summed E-state index contributed by atoms with van der Waals surface area (Å²) in [7, 11) is 0. The van der Waals surface area contributed by atoms with E-state index in [1.54, 1.807) is 12.1 Å². The number of nitro benzene ring substituents is 1. The highest BCUT2D eigenvalue weighted by Gasteiger charge is 2.59. The summed E-state index contributed by atoms with van der Waals surface area (Å²) in [5, 5.41) is 11.1. The molecule has 2 aromatic rings. The Bertz CT molecular complexity index is 933. The first-order valence-corrected chi connectivity index (χ1v) is 8.83. The van der Waals surface area contributed by atoms with Gasteiger partial charge in [-0.1, -0.05) is 18.2 Å². The molecule has 26 heavy (non-hydrogen) atoms. The van der Waals surface area contributed by atoms with Crippen molar-refractivity contribution in [1.29, 1.82) is 0 Å². The molecule has 0 bridgehead atoms. The van der Waals surface area contributed by atoms with Crippen LogP contribution in [0.2, 0.25) is 0 Å². The lowest BCUT2D eigenvalue weighted by atomic mass is 9.76. The zero-order valence-electron chi connectivity index (χ0n) is 15.4. The Kier molecular flexibility index (Phi) is 3.41. The number of ether oxygens (including phenoxy) is 1. The summed E-state index contributed by atoms with van der Waals surface area (Å²) in [6.45, 7) is 8.69. The molecule has 1 spiro atoms. The van der Waals surface area contributed by atoms with Gasteiger partial charge < -0.3 is 9.64 Å². The standard InChI is InChI=1S/C21H22N2O3/c1-14(2)22-18-8-6-5-7-17(18)20(3,4)21(22)12-11-15-13-16(23(24)25)9-10-19(15)26-21/h5-14H,1-4H3/t21-/m0/s1. The largest absolute Gasteiger partial charge is 0.463 e. The van der Waals surface area contributed by atoms with E-state index in [0.717, 1.165) is 5.56 Å². The maximum absolute atomic E-state index is 11.1. The lowest BCUT2D eigenvalue weighted by Gasteiger charge is -2.48. The molecular formula is C21H22N2O3. The van der Waals surface area contributed by atoms with Gasteiger partial charge in [0.15, 0.2) is 0 Å². The number of rotatable bonds is 2. The van der Waals surface area contributed by atoms with E-state index in [1.165, 1.54) is 17.3 Å². The second-order valence-corrected chi connectivity index (χ2v) is 7.72. The van der Waals surface area contributed by atoms with E-state index in [9.17, 15) is 10.1 Å². The van der Waals surface area contributed by atoms with Crippen LogP contribution in [0.3, 0.4) is 0 Å². The van der Waals surface area contributed by atoms with Crippen LogP contribution in [0.1, 0.15) is 38.8 Å². The molecule has 0 saturated heterocycles. The Morgan fingerprint density at radius 1 is 1.15 bits per heavy atom. The number of nitro groups is 1. The first-order chi connectivity index (χ1) is 12.3. The highest BCUT2D eigenvalue weighted by Crippen LogP contribution is 2.55. The van der Waals surface area contributed by atoms with Crippen LogP contribution < -0.4 is 9.64 Å². The molecule has 0 radical (unpaired) electrons. The number of nitrogens with zero attached hydrogens (tertiary/aromatic N) is 2. The summed E-state index contributed by atoms with van der Waals surface area (Å²) in [5.74, 6) is 0.671. The van der Waals surface area contributed by atoms with Crippen molar-refractivity contribution in [3.8, 4) is 5.75 Å². The van der Waals surface area contributed by atoms with Crippen LogP contribution in [0.25, 0.3) is 6.08 Å². The zero-order valence-corrected chi connectivity index (χ0v) is 15.4. The Morgan fingerprint density at radius 3 is 2.58 bits per heavy atom. The first kappa shape index (κ1) is 16.6. The SMILES string of the molecule is CC(C)N1c2ccccc2C(C)(C)[C@@]12C=Cc1cc([N+](=O)[O-])ccc1O2. The molecule has 0 unspecified atom stereocenters. The third kappa shape index (κ3) is 2.03. The minimum absolute atomic E-state index is 0.0719. The fraction of sp³-hybridized carbons (Fsp3) is 0.333. The minimum Gasteiger partial charge on any atom is -0.463 e. The molecular weight excluding hydrogens is 328 g/mol. The normalized spacial score (nSPS) is 22.3. The lowest BCUT2D eigenvalue weighted by molar-refractivity contribution is -0.384. The predicted molar refractivity (Wildman–Crippen MR) is 103 cm³/mol. The molecule has 0 aliphatic carbocycles. The van der Waals surface area contributed by atoms with Crippen molar-refractivity contribution < 1.29 is 9.66 Å². The molecule has 0 fully saturated rings. The second-order valence-electron chi connectivity index (χ2n) is 7.72. The van der Waals surface area contributed by atoms with Gasteiger partial charge in [-0.25, -0.2) is 0 Å². The molecule has 4 rings (SSSR count). The van der Waals surface area contributed by atoms with E-state index in [4.69, 9.17) is 4.74 Å². The molecule has 0 aromatic heterocycles. The number of anilines is 1. The average molecular weight is 350 g/mol. The molecule has 0 N–H and O–H groups in total. The third-order valence-corrected chi connectivity index (χ3v) is 5.57. The van der Waals surface area contributed by atoms with Crippen LogP contribution >= 0.6 is 0 Å². The van der Waals surface area contributed by atoms with Crippen LogP contribution in [0, 0.1) is 10.1 Å². The Hall–Kier alpha value is -2.82. The number of para-hydroxylation sites is 1. The quantitative estimate of drug-likeness (QED) is 0.571. The fourth-order valence-corrected chi connectivity index (χ4v) is 4.29. The van der Waals surface area contributed by atoms with E-state index in [0.29, 0.717) is 5.75 Å². The topological polar surface area (TPSA) is 55.6 Å². The summed E-state index contributed by atoms with van der Waals surface area (Å²) in [6.07, 6.45) is 4.01. The van der Waals surface area contributed by atoms with Gasteiger partial charge in [0.05, 0.1) is 10.3 Å². The smallest absolute Gasteiger partial charge is 0.270 e. The van der Waals surface area contributed by atoms with E-state index in [1.807, 2.05) is 12.1 Å². The molecule has 2 aliphatic heterocycles. The summed E-state index contributed by atoms with van der Waals surface area (Å²) in [5.41, 5.74) is 2.26. The zero-order chi connectivity index (χ0) is 18.7. The molecule has 5 nitrogen and oxygen atoms in total. The number of hydrogen-bond acceptors (Lipinski definition) is 4. The van der Waals surface area contributed by atoms with Crippen molar-refractivity contribution in [2.75, 3.05) is 4.90 Å². The number of fused-ring (bicyclic) bond motifs is 2. The van der Waals surface area contributed by atoms with Gasteiger partial charge in [0, 0.05) is 29.4 Å². The van der Waals surface area contributed by atoms with Gasteiger partial charge in [0.25, 0.3) is 5.69 Å². The Morgan fingerprint density at radius 2 is 1.88 bits per heavy atom. The fourth-order valence-electron chi connectivity index (χ4n) is 4.29. The summed E-state index contributed by atoms with van der Waals surface area (Å²) in [6, 6.07) is 13.4. The van der Waals surface area contributed by atoms with Gasteiger partial charge in [-0.15, -0.1) is 0 Å². The number of hydrogen-bond donors (Lipinski definition) is 0. The van der Waals surface area contributed by atoms with Crippen LogP contribution in [-0.2, 0) is 5.41 Å². The maximum atomic E-state index is 11.1. The molecule has 134 valence electrons. The van der Waals surface area contributed by atoms with E-state index >= 15 is 0 Å². The maximum Gasteiger partial charge on any atom is 0.270 e. The summed E-state index contributed by atoms with van der Waals surface area (Å²) >= 11 is 0. The van der Waals surface area contributed by atoms with Gasteiger partial charge in [0.1, 0.15) is 5.75 Å². The molecule has 2 heterocycles. The highest BCUT2D eigenvalue weighted by molar-refractivity contribution is 5.73. The van der Waals surface area contributed by atoms with Crippen molar-refractivity contribution in [1.82, 2.24) is 0 Å². The highest BCUT2D eigenvalue weighted by atomic mass is 16.6. The van der Waals surface area contributed by atoms with Crippen molar-refractivity contribution in [3.63, 3.8) is 0 Å². The van der Waals surface area contributed by atoms with E-state index in [-0.39, 0.29) is 22.1 Å². The second kappa shape index (κ2) is 5.34. The van der Waals surface area contributed by atoms with Crippen LogP contribution in [-0.4, -0.2) is 16.7 Å². The number of benzene rings is 2. The Balaban J connectivity index is 1.89. The van der Waals surface area contributed by atoms with E-state index < -0.39 is 5.72 Å². The van der Waals surface area contributed by atoms with Crippen LogP contribution in [0.5, 0.6) is 5.75 Å². The third-order valence-electron chi connectivity index (χ3n) is 5.57. The Labute approximate surface area is 153 Å². The summed E-state index contributed by atoms with van der Waals surface area (Å²) < 4.78 is 6.60. The van der Waals surface area contributed by atoms with E-state index in [2.05, 4.69) is 56.9 Å². The van der Waals surface area contributed by atoms with Crippen molar-refractivity contribution in [2.24, 2.45) is 0 Å². The van der Waals surface area contributed by atoms with Gasteiger partial charge >= 0.3 is 0 Å². The van der Waals surface area contributed by atoms with Crippen molar-refractivity contribution in [2.45, 2.75) is 44.9 Å². The first-order valence-electron chi connectivity index (χ1n) is 8.83. The lowest BCUT2D eigenvalue weighted by Crippen LogP contribution is -2.61. The van der Waals surface area contributed by atoms with Gasteiger partial charge in [-0.2, -0.15) is 0 Å². The van der Waals surface area contributed by atoms with Crippen LogP contribution in [0.4, 0.5) is 11.4 Å². The van der Waals surface area contributed by atoms with Gasteiger partial charge in [-0.3, -0.25) is 10.1 Å². The summed E-state index contributed by atoms with van der Waals surface area (Å²) in [4.78, 5) is 13.0. The average Bonchev–Trinajstić information content (AvgIpc) is 2.79. The van der Waals surface area contributed by atoms with Gasteiger partial charge in [0.2, 0.25) is 5.72 Å². The molecule has 1 atom stereocenters. The molecule has 2 aromatic carbocycles. The van der Waals surface area contributed by atoms with Gasteiger partial charge in [-0.05, 0) is 57.5 Å². The predicted octanol–water partition coefficient (Wildman–Crippen LogP) is 4.90. The van der Waals surface area contributed by atoms with Crippen LogP contribution in [0.15, 0.2) is 48.5 Å². The molecule has 2 aliphatic rings. The molecule has 0 saturated carbocycles. The number of non-ortho nitro benzene ring substituents is 1. The molecule has 5 heteroatoms. The van der Waals surface area contributed by atoms with Crippen molar-refractivity contribution >= 4 is 17.5 Å².